The maximum atomic E-state index is 11.1. The minimum Gasteiger partial charge on any atom is -0.465 e. The maximum absolute atomic E-state index is 11.1. The summed E-state index contributed by atoms with van der Waals surface area (Å²) < 4.78 is 4.47. The largest absolute Gasteiger partial charge is 0.488 e. The highest BCUT2D eigenvalue weighted by Gasteiger charge is 2.15. The van der Waals surface area contributed by atoms with E-state index in [2.05, 4.69) is 4.74 Å². The lowest BCUT2D eigenvalue weighted by atomic mass is 9.80. The van der Waals surface area contributed by atoms with Crippen molar-refractivity contribution >= 4 is 30.2 Å². The molecule has 6 heteroatoms. The molecule has 0 aliphatic heterocycles. The molecule has 0 heterocycles. The zero-order valence-corrected chi connectivity index (χ0v) is 8.15. The quantitative estimate of drug-likeness (QED) is 0.529. The molecule has 0 bridgehead atoms. The molecular formula is C8H8BClO4. The summed E-state index contributed by atoms with van der Waals surface area (Å²) in [5.41, 5.74) is 0.418. The maximum Gasteiger partial charge on any atom is 0.488 e. The molecule has 14 heavy (non-hydrogen) atoms. The highest BCUT2D eigenvalue weighted by Crippen LogP contribution is 2.14. The van der Waals surface area contributed by atoms with Gasteiger partial charge < -0.3 is 14.8 Å². The lowest BCUT2D eigenvalue weighted by molar-refractivity contribution is 0.0601. The first kappa shape index (κ1) is 11.0. The van der Waals surface area contributed by atoms with E-state index in [1.165, 1.54) is 25.3 Å². The van der Waals surface area contributed by atoms with E-state index in [9.17, 15) is 4.79 Å². The Hall–Kier alpha value is -1.04. The van der Waals surface area contributed by atoms with E-state index in [0.717, 1.165) is 0 Å². The molecule has 0 spiro atoms. The van der Waals surface area contributed by atoms with Gasteiger partial charge in [-0.15, -0.1) is 0 Å². The Kier molecular flexibility index (Phi) is 3.52. The average molecular weight is 214 g/mol. The SMILES string of the molecule is COC(=O)c1ccc(B(O)O)cc1Cl. The van der Waals surface area contributed by atoms with Gasteiger partial charge in [0.15, 0.2) is 0 Å². The number of methoxy groups -OCH3 is 1. The fraction of sp³-hybridized carbons (Fsp3) is 0.125. The summed E-state index contributed by atoms with van der Waals surface area (Å²) in [7, 11) is -0.354. The number of carbonyl (C=O) groups is 1. The number of ether oxygens (including phenoxy) is 1. The minimum atomic E-state index is -1.60. The van der Waals surface area contributed by atoms with Gasteiger partial charge in [-0.1, -0.05) is 17.7 Å². The Morgan fingerprint density at radius 3 is 2.57 bits per heavy atom. The van der Waals surface area contributed by atoms with Crippen LogP contribution in [0.15, 0.2) is 18.2 Å². The van der Waals surface area contributed by atoms with Crippen molar-refractivity contribution in [2.45, 2.75) is 0 Å². The van der Waals surface area contributed by atoms with Crippen molar-refractivity contribution < 1.29 is 19.6 Å². The second kappa shape index (κ2) is 4.46. The van der Waals surface area contributed by atoms with Crippen LogP contribution >= 0.6 is 11.6 Å². The van der Waals surface area contributed by atoms with Crippen LogP contribution in [-0.4, -0.2) is 30.2 Å². The Balaban J connectivity index is 3.07. The molecule has 0 aliphatic rings. The molecule has 74 valence electrons. The van der Waals surface area contributed by atoms with Gasteiger partial charge in [0.1, 0.15) is 0 Å². The molecule has 0 atom stereocenters. The Morgan fingerprint density at radius 1 is 1.50 bits per heavy atom. The number of hydrogen-bond donors (Lipinski definition) is 2. The van der Waals surface area contributed by atoms with Crippen molar-refractivity contribution in [3.63, 3.8) is 0 Å². The fourth-order valence-electron chi connectivity index (χ4n) is 0.967. The van der Waals surface area contributed by atoms with Gasteiger partial charge in [0, 0.05) is 0 Å². The van der Waals surface area contributed by atoms with Gasteiger partial charge in [-0.05, 0) is 17.6 Å². The summed E-state index contributed by atoms with van der Waals surface area (Å²) in [6, 6.07) is 4.07. The molecule has 1 aromatic rings. The van der Waals surface area contributed by atoms with Gasteiger partial charge >= 0.3 is 13.1 Å². The van der Waals surface area contributed by atoms with Crippen molar-refractivity contribution in [2.75, 3.05) is 7.11 Å². The van der Waals surface area contributed by atoms with Crippen molar-refractivity contribution in [3.8, 4) is 0 Å². The Morgan fingerprint density at radius 2 is 2.14 bits per heavy atom. The summed E-state index contributed by atoms with van der Waals surface area (Å²) >= 11 is 5.72. The minimum absolute atomic E-state index is 0.127. The average Bonchev–Trinajstić information content (AvgIpc) is 2.16. The summed E-state index contributed by atoms with van der Waals surface area (Å²) in [6.07, 6.45) is 0. The first-order valence-corrected chi connectivity index (χ1v) is 4.18. The van der Waals surface area contributed by atoms with E-state index in [1.807, 2.05) is 0 Å². The van der Waals surface area contributed by atoms with Crippen LogP contribution in [0.2, 0.25) is 5.02 Å². The molecule has 2 N–H and O–H groups in total. The van der Waals surface area contributed by atoms with Crippen LogP contribution in [0.25, 0.3) is 0 Å². The zero-order valence-electron chi connectivity index (χ0n) is 7.40. The van der Waals surface area contributed by atoms with Crippen LogP contribution in [0, 0.1) is 0 Å². The number of benzene rings is 1. The molecule has 0 aromatic heterocycles. The lowest BCUT2D eigenvalue weighted by Gasteiger charge is -2.04. The van der Waals surface area contributed by atoms with E-state index in [4.69, 9.17) is 21.6 Å². The van der Waals surface area contributed by atoms with Crippen molar-refractivity contribution in [2.24, 2.45) is 0 Å². The lowest BCUT2D eigenvalue weighted by Crippen LogP contribution is -2.29. The second-order valence-corrected chi connectivity index (χ2v) is 3.01. The topological polar surface area (TPSA) is 66.8 Å². The molecular weight excluding hydrogens is 206 g/mol. The Bertz CT molecular complexity index is 353. The molecule has 0 unspecified atom stereocenters. The van der Waals surface area contributed by atoms with Crippen LogP contribution in [0.1, 0.15) is 10.4 Å². The number of carbonyl (C=O) groups excluding carboxylic acids is 1. The second-order valence-electron chi connectivity index (χ2n) is 2.60. The monoisotopic (exact) mass is 214 g/mol. The van der Waals surface area contributed by atoms with Gasteiger partial charge in [-0.2, -0.15) is 0 Å². The molecule has 0 saturated carbocycles. The summed E-state index contributed by atoms with van der Waals surface area (Å²) in [5.74, 6) is -0.561. The summed E-state index contributed by atoms with van der Waals surface area (Å²) in [5, 5.41) is 17.8. The van der Waals surface area contributed by atoms with Crippen molar-refractivity contribution in [1.29, 1.82) is 0 Å². The third kappa shape index (κ3) is 2.26. The number of halogens is 1. The predicted molar refractivity (Wildman–Crippen MR) is 52.6 cm³/mol. The third-order valence-electron chi connectivity index (χ3n) is 1.70. The summed E-state index contributed by atoms with van der Waals surface area (Å²) in [6.45, 7) is 0. The summed E-state index contributed by atoms with van der Waals surface area (Å²) in [4.78, 5) is 11.1. The van der Waals surface area contributed by atoms with E-state index < -0.39 is 13.1 Å². The zero-order chi connectivity index (χ0) is 10.7. The van der Waals surface area contributed by atoms with E-state index in [1.54, 1.807) is 0 Å². The van der Waals surface area contributed by atoms with E-state index in [0.29, 0.717) is 0 Å². The van der Waals surface area contributed by atoms with Crippen LogP contribution in [0.5, 0.6) is 0 Å². The van der Waals surface area contributed by atoms with E-state index >= 15 is 0 Å². The normalized spacial score (nSPS) is 9.71. The molecule has 0 saturated heterocycles. The first-order chi connectivity index (χ1) is 6.56. The van der Waals surface area contributed by atoms with Gasteiger partial charge in [0.25, 0.3) is 0 Å². The van der Waals surface area contributed by atoms with Gasteiger partial charge in [0.05, 0.1) is 17.7 Å². The number of esters is 1. The molecule has 4 nitrogen and oxygen atoms in total. The van der Waals surface area contributed by atoms with Crippen LogP contribution in [0.3, 0.4) is 0 Å². The third-order valence-corrected chi connectivity index (χ3v) is 2.01. The standard InChI is InChI=1S/C8H8BClO4/c1-14-8(11)6-3-2-5(9(12)13)4-7(6)10/h2-4,12-13H,1H3. The molecule has 0 radical (unpaired) electrons. The van der Waals surface area contributed by atoms with Crippen molar-refractivity contribution in [3.05, 3.63) is 28.8 Å². The van der Waals surface area contributed by atoms with E-state index in [-0.39, 0.29) is 16.0 Å². The number of rotatable bonds is 2. The predicted octanol–water partition coefficient (Wildman–Crippen LogP) is -0.194. The molecule has 0 fully saturated rings. The van der Waals surface area contributed by atoms with Crippen molar-refractivity contribution in [1.82, 2.24) is 0 Å². The van der Waals surface area contributed by atoms with Gasteiger partial charge in [0.2, 0.25) is 0 Å². The van der Waals surface area contributed by atoms with Crippen LogP contribution in [-0.2, 0) is 4.74 Å². The molecule has 0 amide bonds. The van der Waals surface area contributed by atoms with Crippen LogP contribution < -0.4 is 5.46 Å². The Labute approximate surface area is 86.2 Å². The first-order valence-electron chi connectivity index (χ1n) is 3.80. The molecule has 1 aromatic carbocycles. The van der Waals surface area contributed by atoms with Crippen LogP contribution in [0.4, 0.5) is 0 Å². The number of hydrogen-bond acceptors (Lipinski definition) is 4. The van der Waals surface area contributed by atoms with Gasteiger partial charge in [-0.3, -0.25) is 0 Å². The fourth-order valence-corrected chi connectivity index (χ4v) is 1.23. The molecule has 0 aliphatic carbocycles. The highest BCUT2D eigenvalue weighted by atomic mass is 35.5. The van der Waals surface area contributed by atoms with Gasteiger partial charge in [-0.25, -0.2) is 4.79 Å². The smallest absolute Gasteiger partial charge is 0.465 e. The molecule has 1 rings (SSSR count). The highest BCUT2D eigenvalue weighted by molar-refractivity contribution is 6.59.